The Hall–Kier alpha value is -2.47. The second-order valence-corrected chi connectivity index (χ2v) is 8.41. The van der Waals surface area contributed by atoms with E-state index in [2.05, 4.69) is 40.0 Å². The van der Waals surface area contributed by atoms with Crippen molar-refractivity contribution in [2.24, 2.45) is 5.92 Å². The zero-order valence-electron chi connectivity index (χ0n) is 16.4. The fraction of sp³-hybridized carbons (Fsp3) is 0.409. The molecule has 28 heavy (non-hydrogen) atoms. The molecule has 3 aromatic rings. The van der Waals surface area contributed by atoms with Crippen LogP contribution in [0, 0.1) is 12.8 Å². The van der Waals surface area contributed by atoms with Gasteiger partial charge in [-0.25, -0.2) is 9.97 Å². The Bertz CT molecular complexity index is 948. The summed E-state index contributed by atoms with van der Waals surface area (Å²) in [6, 6.07) is 10.4. The number of rotatable bonds is 5. The molecule has 0 radical (unpaired) electrons. The molecule has 1 aliphatic rings. The Kier molecular flexibility index (Phi) is 5.57. The van der Waals surface area contributed by atoms with Gasteiger partial charge in [0.05, 0.1) is 11.2 Å². The molecule has 0 aliphatic carbocycles. The van der Waals surface area contributed by atoms with Crippen molar-refractivity contribution in [2.45, 2.75) is 39.2 Å². The van der Waals surface area contributed by atoms with Gasteiger partial charge < -0.3 is 10.2 Å². The van der Waals surface area contributed by atoms with Crippen molar-refractivity contribution in [3.05, 3.63) is 52.3 Å². The summed E-state index contributed by atoms with van der Waals surface area (Å²) in [7, 11) is 0. The Morgan fingerprint density at radius 1 is 1.25 bits per heavy atom. The number of benzene rings is 1. The zero-order valence-corrected chi connectivity index (χ0v) is 17.2. The standard InChI is InChI=1S/C22H26N4OS/c1-15(13-17-9-12-28-14-17)23-21(27)18-7-10-26(11-8-18)22-24-16(2)19-5-3-4-6-20(19)25-22/h3-6,9,12,14-15,18H,7-8,10-11,13H2,1-2H3,(H,23,27)/t15-/m1/s1. The highest BCUT2D eigenvalue weighted by Gasteiger charge is 2.27. The number of hydrogen-bond donors (Lipinski definition) is 1. The van der Waals surface area contributed by atoms with Crippen molar-refractivity contribution in [3.8, 4) is 0 Å². The normalized spacial score (nSPS) is 16.3. The molecule has 5 nitrogen and oxygen atoms in total. The van der Waals surface area contributed by atoms with Crippen LogP contribution in [0.3, 0.4) is 0 Å². The van der Waals surface area contributed by atoms with Crippen molar-refractivity contribution < 1.29 is 4.79 Å². The van der Waals surface area contributed by atoms with E-state index in [1.54, 1.807) is 11.3 Å². The van der Waals surface area contributed by atoms with Crippen molar-refractivity contribution in [2.75, 3.05) is 18.0 Å². The van der Waals surface area contributed by atoms with Gasteiger partial charge in [-0.3, -0.25) is 4.79 Å². The summed E-state index contributed by atoms with van der Waals surface area (Å²) in [6.07, 6.45) is 2.57. The van der Waals surface area contributed by atoms with Crippen molar-refractivity contribution in [3.63, 3.8) is 0 Å². The van der Waals surface area contributed by atoms with Crippen molar-refractivity contribution in [1.29, 1.82) is 0 Å². The number of hydrogen-bond acceptors (Lipinski definition) is 5. The quantitative estimate of drug-likeness (QED) is 0.712. The summed E-state index contributed by atoms with van der Waals surface area (Å²) in [5.41, 5.74) is 3.27. The van der Waals surface area contributed by atoms with Gasteiger partial charge in [-0.1, -0.05) is 18.2 Å². The monoisotopic (exact) mass is 394 g/mol. The van der Waals surface area contributed by atoms with Gasteiger partial charge in [-0.15, -0.1) is 0 Å². The van der Waals surface area contributed by atoms with E-state index < -0.39 is 0 Å². The highest BCUT2D eigenvalue weighted by atomic mass is 32.1. The van der Waals surface area contributed by atoms with Crippen LogP contribution in [0.2, 0.25) is 0 Å². The number of carbonyl (C=O) groups is 1. The number of amides is 1. The van der Waals surface area contributed by atoms with Gasteiger partial charge in [0.2, 0.25) is 11.9 Å². The van der Waals surface area contributed by atoms with Crippen LogP contribution < -0.4 is 10.2 Å². The number of fused-ring (bicyclic) bond motifs is 1. The molecule has 0 unspecified atom stereocenters. The molecule has 0 saturated carbocycles. The first kappa shape index (κ1) is 18.9. The van der Waals surface area contributed by atoms with E-state index in [4.69, 9.17) is 9.97 Å². The molecule has 1 aliphatic heterocycles. The lowest BCUT2D eigenvalue weighted by Crippen LogP contribution is -2.44. The average Bonchev–Trinajstić information content (AvgIpc) is 3.21. The minimum atomic E-state index is 0.0720. The van der Waals surface area contributed by atoms with Crippen LogP contribution in [0.15, 0.2) is 41.1 Å². The van der Waals surface area contributed by atoms with Crippen LogP contribution in [0.25, 0.3) is 10.9 Å². The first-order valence-corrected chi connectivity index (χ1v) is 10.8. The predicted molar refractivity (Wildman–Crippen MR) is 115 cm³/mol. The third-order valence-corrected chi connectivity index (χ3v) is 6.17. The number of carbonyl (C=O) groups excluding carboxylic acids is 1. The molecule has 146 valence electrons. The van der Waals surface area contributed by atoms with E-state index in [9.17, 15) is 4.79 Å². The SMILES string of the molecule is Cc1nc(N2CCC(C(=O)N[C@H](C)Cc3ccsc3)CC2)nc2ccccc12. The lowest BCUT2D eigenvalue weighted by atomic mass is 9.95. The van der Waals surface area contributed by atoms with E-state index in [0.717, 1.165) is 54.9 Å². The number of thiophene rings is 1. The molecule has 1 amide bonds. The van der Waals surface area contributed by atoms with Crippen molar-refractivity contribution in [1.82, 2.24) is 15.3 Å². The number of aromatic nitrogens is 2. The summed E-state index contributed by atoms with van der Waals surface area (Å²) in [4.78, 5) is 24.3. The van der Waals surface area contributed by atoms with E-state index >= 15 is 0 Å². The molecule has 1 fully saturated rings. The maximum atomic E-state index is 12.7. The second kappa shape index (κ2) is 8.27. The Morgan fingerprint density at radius 2 is 2.04 bits per heavy atom. The molecule has 6 heteroatoms. The lowest BCUT2D eigenvalue weighted by molar-refractivity contribution is -0.126. The number of nitrogens with one attached hydrogen (secondary N) is 1. The molecule has 4 rings (SSSR count). The maximum Gasteiger partial charge on any atom is 0.226 e. The molecule has 1 atom stereocenters. The summed E-state index contributed by atoms with van der Waals surface area (Å²) < 4.78 is 0. The van der Waals surface area contributed by atoms with E-state index in [-0.39, 0.29) is 17.9 Å². The Labute approximate surface area is 169 Å². The van der Waals surface area contributed by atoms with E-state index in [1.807, 2.05) is 25.1 Å². The van der Waals surface area contributed by atoms with Gasteiger partial charge >= 0.3 is 0 Å². The first-order chi connectivity index (χ1) is 13.6. The van der Waals surface area contributed by atoms with Crippen molar-refractivity contribution >= 4 is 34.1 Å². The highest BCUT2D eigenvalue weighted by molar-refractivity contribution is 7.07. The number of nitrogens with zero attached hydrogens (tertiary/aromatic N) is 3. The van der Waals surface area contributed by atoms with Gasteiger partial charge in [-0.2, -0.15) is 11.3 Å². The third kappa shape index (κ3) is 4.17. The largest absolute Gasteiger partial charge is 0.353 e. The molecular weight excluding hydrogens is 368 g/mol. The number of piperidine rings is 1. The molecule has 1 aromatic carbocycles. The topological polar surface area (TPSA) is 58.1 Å². The van der Waals surface area contributed by atoms with Gasteiger partial charge in [0.1, 0.15) is 0 Å². The van der Waals surface area contributed by atoms with Crippen LogP contribution in [0.4, 0.5) is 5.95 Å². The molecule has 0 bridgehead atoms. The lowest BCUT2D eigenvalue weighted by Gasteiger charge is -2.32. The van der Waals surface area contributed by atoms with Crippen LogP contribution in [-0.4, -0.2) is 35.0 Å². The molecule has 2 aromatic heterocycles. The predicted octanol–water partition coefficient (Wildman–Crippen LogP) is 3.96. The van der Waals surface area contributed by atoms with Crippen LogP contribution in [0.5, 0.6) is 0 Å². The highest BCUT2D eigenvalue weighted by Crippen LogP contribution is 2.24. The number of anilines is 1. The van der Waals surface area contributed by atoms with Gasteiger partial charge in [0, 0.05) is 30.4 Å². The summed E-state index contributed by atoms with van der Waals surface area (Å²) in [5, 5.41) is 8.51. The molecule has 1 saturated heterocycles. The summed E-state index contributed by atoms with van der Waals surface area (Å²) >= 11 is 1.70. The number of para-hydroxylation sites is 1. The van der Waals surface area contributed by atoms with Gasteiger partial charge in [0.25, 0.3) is 0 Å². The maximum absolute atomic E-state index is 12.7. The summed E-state index contributed by atoms with van der Waals surface area (Å²) in [6.45, 7) is 5.74. The van der Waals surface area contributed by atoms with Crippen LogP contribution in [0.1, 0.15) is 31.0 Å². The minimum absolute atomic E-state index is 0.0720. The zero-order chi connectivity index (χ0) is 19.5. The Balaban J connectivity index is 1.34. The average molecular weight is 395 g/mol. The number of aryl methyl sites for hydroxylation is 1. The molecule has 0 spiro atoms. The minimum Gasteiger partial charge on any atom is -0.353 e. The fourth-order valence-corrected chi connectivity index (χ4v) is 4.56. The van der Waals surface area contributed by atoms with E-state index in [1.165, 1.54) is 5.56 Å². The second-order valence-electron chi connectivity index (χ2n) is 7.63. The molecule has 1 N–H and O–H groups in total. The van der Waals surface area contributed by atoms with E-state index in [0.29, 0.717) is 0 Å². The third-order valence-electron chi connectivity index (χ3n) is 5.44. The van der Waals surface area contributed by atoms with Crippen LogP contribution >= 0.6 is 11.3 Å². The first-order valence-electron chi connectivity index (χ1n) is 9.90. The van der Waals surface area contributed by atoms with Gasteiger partial charge in [-0.05, 0) is 61.6 Å². The molecule has 3 heterocycles. The van der Waals surface area contributed by atoms with Gasteiger partial charge in [0.15, 0.2) is 0 Å². The molecular formula is C22H26N4OS. The smallest absolute Gasteiger partial charge is 0.226 e. The van der Waals surface area contributed by atoms with Crippen LogP contribution in [-0.2, 0) is 11.2 Å². The summed E-state index contributed by atoms with van der Waals surface area (Å²) in [5.74, 6) is 1.03. The fourth-order valence-electron chi connectivity index (χ4n) is 3.88. The Morgan fingerprint density at radius 3 is 2.79 bits per heavy atom.